The van der Waals surface area contributed by atoms with Crippen molar-refractivity contribution in [3.63, 3.8) is 0 Å². The third kappa shape index (κ3) is 4.03. The van der Waals surface area contributed by atoms with Gasteiger partial charge in [-0.1, -0.05) is 27.5 Å². The van der Waals surface area contributed by atoms with Gasteiger partial charge in [0.2, 0.25) is 0 Å². The molecule has 0 aromatic heterocycles. The Balaban J connectivity index is 2.25. The first kappa shape index (κ1) is 15.9. The average molecular weight is 434 g/mol. The van der Waals surface area contributed by atoms with Gasteiger partial charge in [0.15, 0.2) is 0 Å². The number of benzene rings is 2. The van der Waals surface area contributed by atoms with Gasteiger partial charge in [-0.15, -0.1) is 0 Å². The molecule has 8 heteroatoms. The average Bonchev–Trinajstić information content (AvgIpc) is 2.39. The van der Waals surface area contributed by atoms with Crippen LogP contribution in [-0.4, -0.2) is 10.8 Å². The number of hydrogen-bond acceptors (Lipinski definition) is 3. The van der Waals surface area contributed by atoms with Crippen molar-refractivity contribution in [1.29, 1.82) is 0 Å². The van der Waals surface area contributed by atoms with Crippen LogP contribution in [0.2, 0.25) is 5.02 Å². The summed E-state index contributed by atoms with van der Waals surface area (Å²) in [4.78, 5) is 22.3. The Morgan fingerprint density at radius 1 is 1.19 bits per heavy atom. The summed E-state index contributed by atoms with van der Waals surface area (Å²) in [6.45, 7) is 0. The molecule has 0 bridgehead atoms. The Bertz CT molecular complexity index is 717. The molecule has 0 atom stereocenters. The van der Waals surface area contributed by atoms with Crippen LogP contribution in [0.5, 0.6) is 0 Å². The van der Waals surface area contributed by atoms with Crippen molar-refractivity contribution in [3.8, 4) is 0 Å². The lowest BCUT2D eigenvalue weighted by molar-refractivity contribution is -0.384. The molecule has 1 amide bonds. The summed E-state index contributed by atoms with van der Waals surface area (Å²) in [5.74, 6) is -0.368. The zero-order chi connectivity index (χ0) is 15.6. The van der Waals surface area contributed by atoms with Gasteiger partial charge in [-0.05, 0) is 40.2 Å². The summed E-state index contributed by atoms with van der Waals surface area (Å²) in [5, 5.41) is 13.7. The quantitative estimate of drug-likeness (QED) is 0.544. The molecule has 2 aromatic carbocycles. The first-order chi connectivity index (χ1) is 9.86. The lowest BCUT2D eigenvalue weighted by Gasteiger charge is -2.08. The van der Waals surface area contributed by atoms with Crippen molar-refractivity contribution in [1.82, 2.24) is 0 Å². The summed E-state index contributed by atoms with van der Waals surface area (Å²) in [5.41, 5.74) is 0.742. The summed E-state index contributed by atoms with van der Waals surface area (Å²) >= 11 is 12.3. The second-order valence-corrected chi connectivity index (χ2v) is 6.24. The van der Waals surface area contributed by atoms with E-state index in [4.69, 9.17) is 11.6 Å². The third-order valence-corrected chi connectivity index (χ3v) is 3.87. The zero-order valence-electron chi connectivity index (χ0n) is 10.3. The van der Waals surface area contributed by atoms with Gasteiger partial charge >= 0.3 is 0 Å². The fraction of sp³-hybridized carbons (Fsp3) is 0. The van der Waals surface area contributed by atoms with Crippen LogP contribution in [0.15, 0.2) is 45.3 Å². The minimum absolute atomic E-state index is 0.0645. The molecular formula is C13H7Br2ClN2O3. The Labute approximate surface area is 141 Å². The summed E-state index contributed by atoms with van der Waals surface area (Å²) in [6, 6.07) is 8.92. The van der Waals surface area contributed by atoms with Crippen molar-refractivity contribution in [2.24, 2.45) is 0 Å². The number of nitro groups is 1. The van der Waals surface area contributed by atoms with Gasteiger partial charge in [-0.3, -0.25) is 14.9 Å². The van der Waals surface area contributed by atoms with E-state index in [1.165, 1.54) is 24.3 Å². The summed E-state index contributed by atoms with van der Waals surface area (Å²) in [7, 11) is 0. The van der Waals surface area contributed by atoms with Crippen LogP contribution in [0.3, 0.4) is 0 Å². The van der Waals surface area contributed by atoms with Gasteiger partial charge in [-0.25, -0.2) is 0 Å². The van der Waals surface area contributed by atoms with Crippen molar-refractivity contribution >= 4 is 60.7 Å². The highest BCUT2D eigenvalue weighted by Gasteiger charge is 2.13. The molecule has 0 spiro atoms. The number of anilines is 1. The molecule has 108 valence electrons. The van der Waals surface area contributed by atoms with E-state index in [0.29, 0.717) is 25.2 Å². The Morgan fingerprint density at radius 2 is 1.90 bits per heavy atom. The maximum absolute atomic E-state index is 12.1. The van der Waals surface area contributed by atoms with E-state index >= 15 is 0 Å². The van der Waals surface area contributed by atoms with E-state index in [0.717, 1.165) is 0 Å². The fourth-order valence-corrected chi connectivity index (χ4v) is 2.92. The molecule has 1 N–H and O–H groups in total. The van der Waals surface area contributed by atoms with Crippen LogP contribution in [0.1, 0.15) is 10.4 Å². The number of halogens is 3. The predicted molar refractivity (Wildman–Crippen MR) is 87.9 cm³/mol. The molecule has 0 aliphatic rings. The zero-order valence-corrected chi connectivity index (χ0v) is 14.2. The smallest absolute Gasteiger partial charge is 0.270 e. The molecule has 0 unspecified atom stereocenters. The minimum Gasteiger partial charge on any atom is -0.321 e. The Kier molecular flexibility index (Phi) is 4.97. The Morgan fingerprint density at radius 3 is 2.48 bits per heavy atom. The monoisotopic (exact) mass is 432 g/mol. The molecule has 2 rings (SSSR count). The fourth-order valence-electron chi connectivity index (χ4n) is 1.60. The molecular weight excluding hydrogens is 427 g/mol. The molecule has 0 saturated carbocycles. The molecule has 0 heterocycles. The van der Waals surface area contributed by atoms with E-state index in [-0.39, 0.29) is 11.6 Å². The van der Waals surface area contributed by atoms with Crippen LogP contribution >= 0.6 is 43.5 Å². The molecule has 0 saturated heterocycles. The number of amides is 1. The molecule has 0 radical (unpaired) electrons. The van der Waals surface area contributed by atoms with Gasteiger partial charge < -0.3 is 5.32 Å². The minimum atomic E-state index is -0.509. The number of non-ortho nitro benzene ring substituents is 1. The van der Waals surface area contributed by atoms with Crippen LogP contribution < -0.4 is 5.32 Å². The standard InChI is InChI=1S/C13H7Br2ClN2O3/c14-8-3-7(4-9(16)5-8)13(19)17-12-2-1-10(18(20)21)6-11(12)15/h1-6H,(H,17,19). The summed E-state index contributed by atoms with van der Waals surface area (Å²) in [6.07, 6.45) is 0. The van der Waals surface area contributed by atoms with Gasteiger partial charge in [-0.2, -0.15) is 0 Å². The topological polar surface area (TPSA) is 72.2 Å². The SMILES string of the molecule is O=C(Nc1ccc([N+](=O)[O-])cc1Br)c1cc(Cl)cc(Br)c1. The highest BCUT2D eigenvalue weighted by atomic mass is 79.9. The van der Waals surface area contributed by atoms with Crippen LogP contribution in [0, 0.1) is 10.1 Å². The highest BCUT2D eigenvalue weighted by molar-refractivity contribution is 9.10. The number of rotatable bonds is 3. The molecule has 0 aliphatic carbocycles. The summed E-state index contributed by atoms with van der Waals surface area (Å²) < 4.78 is 1.11. The van der Waals surface area contributed by atoms with Gasteiger partial charge in [0.1, 0.15) is 0 Å². The van der Waals surface area contributed by atoms with Gasteiger partial charge in [0.05, 0.1) is 10.6 Å². The number of nitro benzene ring substituents is 1. The number of carbonyl (C=O) groups is 1. The van der Waals surface area contributed by atoms with Crippen molar-refractivity contribution in [2.45, 2.75) is 0 Å². The normalized spacial score (nSPS) is 10.2. The van der Waals surface area contributed by atoms with Gasteiger partial charge in [0.25, 0.3) is 11.6 Å². The molecule has 21 heavy (non-hydrogen) atoms. The van der Waals surface area contributed by atoms with Crippen LogP contribution in [0.4, 0.5) is 11.4 Å². The Hall–Kier alpha value is -1.44. The van der Waals surface area contributed by atoms with E-state index in [1.807, 2.05) is 0 Å². The number of nitrogens with one attached hydrogen (secondary N) is 1. The number of carbonyl (C=O) groups excluding carboxylic acids is 1. The lowest BCUT2D eigenvalue weighted by atomic mass is 10.2. The van der Waals surface area contributed by atoms with Gasteiger partial charge in [0, 0.05) is 31.7 Å². The van der Waals surface area contributed by atoms with Crippen molar-refractivity contribution in [2.75, 3.05) is 5.32 Å². The van der Waals surface area contributed by atoms with E-state index < -0.39 is 4.92 Å². The van der Waals surface area contributed by atoms with E-state index in [9.17, 15) is 14.9 Å². The first-order valence-corrected chi connectivity index (χ1v) is 7.54. The van der Waals surface area contributed by atoms with Crippen molar-refractivity contribution in [3.05, 3.63) is 66.0 Å². The second-order valence-electron chi connectivity index (χ2n) is 4.03. The van der Waals surface area contributed by atoms with E-state index in [2.05, 4.69) is 37.2 Å². The van der Waals surface area contributed by atoms with E-state index in [1.54, 1.807) is 12.1 Å². The predicted octanol–water partition coefficient (Wildman–Crippen LogP) is 5.03. The maximum atomic E-state index is 12.1. The van der Waals surface area contributed by atoms with Crippen molar-refractivity contribution < 1.29 is 9.72 Å². The molecule has 0 aliphatic heterocycles. The highest BCUT2D eigenvalue weighted by Crippen LogP contribution is 2.28. The van der Waals surface area contributed by atoms with Crippen LogP contribution in [-0.2, 0) is 0 Å². The molecule has 0 fully saturated rings. The number of hydrogen-bond donors (Lipinski definition) is 1. The first-order valence-electron chi connectivity index (χ1n) is 5.58. The maximum Gasteiger partial charge on any atom is 0.270 e. The lowest BCUT2D eigenvalue weighted by Crippen LogP contribution is -2.12. The third-order valence-electron chi connectivity index (χ3n) is 2.54. The molecule has 2 aromatic rings. The number of nitrogens with zero attached hydrogens (tertiary/aromatic N) is 1. The molecule has 5 nitrogen and oxygen atoms in total. The largest absolute Gasteiger partial charge is 0.321 e. The second kappa shape index (κ2) is 6.55. The van der Waals surface area contributed by atoms with Crippen LogP contribution in [0.25, 0.3) is 0 Å².